The maximum absolute atomic E-state index is 12.9. The molecule has 0 bridgehead atoms. The van der Waals surface area contributed by atoms with Gasteiger partial charge in [0.25, 0.3) is 0 Å². The Kier molecular flexibility index (Phi) is 6.22. The van der Waals surface area contributed by atoms with Crippen molar-refractivity contribution >= 4 is 29.7 Å². The molecule has 144 valence electrons. The van der Waals surface area contributed by atoms with Gasteiger partial charge < -0.3 is 9.84 Å². The number of methoxy groups -OCH3 is 1. The first-order valence-corrected chi connectivity index (χ1v) is 9.04. The predicted octanol–water partition coefficient (Wildman–Crippen LogP) is 3.08. The number of ether oxygens (including phenoxy) is 1. The molecule has 0 aliphatic heterocycles. The fraction of sp³-hybridized carbons (Fsp3) is 0.111. The third-order valence-corrected chi connectivity index (χ3v) is 4.42. The van der Waals surface area contributed by atoms with Crippen LogP contribution >= 0.6 is 11.8 Å². The zero-order valence-electron chi connectivity index (χ0n) is 14.7. The zero-order chi connectivity index (χ0) is 19.9. The minimum Gasteiger partial charge on any atom is -0.507 e. The van der Waals surface area contributed by atoms with Crippen LogP contribution in [0.4, 0.5) is 10.3 Å². The van der Waals surface area contributed by atoms with Crippen molar-refractivity contribution in [3.8, 4) is 11.5 Å². The molecule has 0 saturated carbocycles. The van der Waals surface area contributed by atoms with Crippen molar-refractivity contribution in [3.05, 3.63) is 59.4 Å². The van der Waals surface area contributed by atoms with Gasteiger partial charge in [0.1, 0.15) is 17.3 Å². The molecule has 28 heavy (non-hydrogen) atoms. The molecule has 3 rings (SSSR count). The second-order valence-electron chi connectivity index (χ2n) is 5.48. The Labute approximate surface area is 163 Å². The molecule has 0 fully saturated rings. The monoisotopic (exact) mass is 401 g/mol. The number of hydrazone groups is 1. The van der Waals surface area contributed by atoms with Crippen LogP contribution in [0.5, 0.6) is 11.5 Å². The number of phenols is 1. The Morgan fingerprint density at radius 3 is 2.89 bits per heavy atom. The van der Waals surface area contributed by atoms with Crippen LogP contribution in [0.15, 0.2) is 52.7 Å². The van der Waals surface area contributed by atoms with E-state index in [0.717, 1.165) is 11.8 Å². The number of aromatic hydroxyl groups is 1. The largest absolute Gasteiger partial charge is 0.507 e. The molecule has 0 spiro atoms. The highest BCUT2D eigenvalue weighted by atomic mass is 32.2. The van der Waals surface area contributed by atoms with E-state index in [-0.39, 0.29) is 23.2 Å². The maximum atomic E-state index is 12.9. The van der Waals surface area contributed by atoms with Gasteiger partial charge in [-0.05, 0) is 42.5 Å². The van der Waals surface area contributed by atoms with Crippen molar-refractivity contribution in [3.63, 3.8) is 0 Å². The Balaban J connectivity index is 1.54. The second kappa shape index (κ2) is 9.00. The summed E-state index contributed by atoms with van der Waals surface area (Å²) >= 11 is 1.14. The van der Waals surface area contributed by atoms with Crippen LogP contribution in [0.25, 0.3) is 0 Å². The van der Waals surface area contributed by atoms with Crippen LogP contribution in [0.3, 0.4) is 0 Å². The van der Waals surface area contributed by atoms with Gasteiger partial charge in [-0.25, -0.2) is 14.9 Å². The van der Waals surface area contributed by atoms with Crippen molar-refractivity contribution in [2.24, 2.45) is 5.10 Å². The number of thioether (sulfide) groups is 1. The summed E-state index contributed by atoms with van der Waals surface area (Å²) in [5, 5.41) is 20.8. The number of Topliss-reactive ketones (excluding diaryl/α,β-unsaturated/α-hetero) is 1. The molecule has 0 radical (unpaired) electrons. The van der Waals surface area contributed by atoms with Crippen LogP contribution in [0.2, 0.25) is 0 Å². The third-order valence-electron chi connectivity index (χ3n) is 3.57. The molecule has 0 amide bonds. The van der Waals surface area contributed by atoms with Crippen molar-refractivity contribution in [1.29, 1.82) is 0 Å². The van der Waals surface area contributed by atoms with Crippen LogP contribution in [0, 0.1) is 5.82 Å². The third kappa shape index (κ3) is 5.07. The van der Waals surface area contributed by atoms with Crippen molar-refractivity contribution < 1.29 is 19.0 Å². The molecule has 0 aliphatic carbocycles. The number of phenolic OH excluding ortho intramolecular Hbond substituents is 1. The summed E-state index contributed by atoms with van der Waals surface area (Å²) in [5.41, 5.74) is 3.54. The molecular formula is C18H16FN5O3S. The predicted molar refractivity (Wildman–Crippen MR) is 104 cm³/mol. The standard InChI is InChI=1S/C18H16FN5O3S/c1-27-14-6-7-15(25)12(8-14)9-20-22-17-21-18(24-23-17)28-10-16(26)11-2-4-13(19)5-3-11/h2-9,25H,10H2,1H3,(H2,21,22,23,24)/b20-9+. The number of hydrogen-bond donors (Lipinski definition) is 3. The van der Waals surface area contributed by atoms with E-state index in [0.29, 0.717) is 22.0 Å². The van der Waals surface area contributed by atoms with Gasteiger partial charge in [-0.3, -0.25) is 4.79 Å². The highest BCUT2D eigenvalue weighted by Crippen LogP contribution is 2.21. The van der Waals surface area contributed by atoms with Gasteiger partial charge in [0, 0.05) is 11.1 Å². The average molecular weight is 401 g/mol. The quantitative estimate of drug-likeness (QED) is 0.230. The van der Waals surface area contributed by atoms with Crippen molar-refractivity contribution in [1.82, 2.24) is 15.2 Å². The lowest BCUT2D eigenvalue weighted by molar-refractivity contribution is 0.102. The summed E-state index contributed by atoms with van der Waals surface area (Å²) in [6, 6.07) is 10.1. The van der Waals surface area contributed by atoms with Gasteiger partial charge in [-0.1, -0.05) is 11.8 Å². The number of nitrogens with zero attached hydrogens (tertiary/aromatic N) is 3. The summed E-state index contributed by atoms with van der Waals surface area (Å²) in [7, 11) is 1.53. The van der Waals surface area contributed by atoms with Gasteiger partial charge in [0.2, 0.25) is 11.1 Å². The number of benzene rings is 2. The molecule has 0 aliphatic rings. The number of carbonyl (C=O) groups is 1. The number of carbonyl (C=O) groups excluding carboxylic acids is 1. The lowest BCUT2D eigenvalue weighted by atomic mass is 10.1. The van der Waals surface area contributed by atoms with Crippen LogP contribution in [-0.2, 0) is 0 Å². The summed E-state index contributed by atoms with van der Waals surface area (Å²) in [6.07, 6.45) is 1.41. The van der Waals surface area contributed by atoms with Gasteiger partial charge in [-0.15, -0.1) is 5.10 Å². The lowest BCUT2D eigenvalue weighted by Crippen LogP contribution is -2.02. The number of ketones is 1. The summed E-state index contributed by atoms with van der Waals surface area (Å²) < 4.78 is 18.0. The van der Waals surface area contributed by atoms with Gasteiger partial charge >= 0.3 is 0 Å². The molecule has 0 saturated heterocycles. The van der Waals surface area contributed by atoms with E-state index in [1.165, 1.54) is 43.7 Å². The fourth-order valence-electron chi connectivity index (χ4n) is 2.14. The first-order valence-electron chi connectivity index (χ1n) is 8.05. The van der Waals surface area contributed by atoms with E-state index < -0.39 is 5.82 Å². The zero-order valence-corrected chi connectivity index (χ0v) is 15.5. The van der Waals surface area contributed by atoms with E-state index in [1.807, 2.05) is 0 Å². The van der Waals surface area contributed by atoms with Crippen molar-refractivity contribution in [2.45, 2.75) is 5.16 Å². The van der Waals surface area contributed by atoms with E-state index in [4.69, 9.17) is 4.74 Å². The molecular weight excluding hydrogens is 385 g/mol. The normalized spacial score (nSPS) is 10.9. The Bertz CT molecular complexity index is 991. The van der Waals surface area contributed by atoms with E-state index in [2.05, 4.69) is 25.7 Å². The Morgan fingerprint density at radius 1 is 1.36 bits per heavy atom. The molecule has 3 N–H and O–H groups in total. The first-order chi connectivity index (χ1) is 13.5. The number of nitrogens with one attached hydrogen (secondary N) is 2. The minimum absolute atomic E-state index is 0.0551. The number of H-pyrrole nitrogens is 1. The fourth-order valence-corrected chi connectivity index (χ4v) is 2.83. The van der Waals surface area contributed by atoms with Crippen molar-refractivity contribution in [2.75, 3.05) is 18.3 Å². The number of halogens is 1. The second-order valence-corrected chi connectivity index (χ2v) is 6.42. The van der Waals surface area contributed by atoms with Gasteiger partial charge in [0.15, 0.2) is 5.78 Å². The highest BCUT2D eigenvalue weighted by molar-refractivity contribution is 7.99. The molecule has 0 unspecified atom stereocenters. The van der Waals surface area contributed by atoms with Crippen LogP contribution in [0.1, 0.15) is 15.9 Å². The molecule has 2 aromatic carbocycles. The summed E-state index contributed by atoms with van der Waals surface area (Å²) in [6.45, 7) is 0. The number of rotatable bonds is 8. The summed E-state index contributed by atoms with van der Waals surface area (Å²) in [5.74, 6) is 0.481. The lowest BCUT2D eigenvalue weighted by Gasteiger charge is -2.02. The molecule has 1 aromatic heterocycles. The van der Waals surface area contributed by atoms with Crippen LogP contribution in [-0.4, -0.2) is 45.1 Å². The Hall–Kier alpha value is -3.40. The first kappa shape index (κ1) is 19.4. The minimum atomic E-state index is -0.392. The Morgan fingerprint density at radius 2 is 2.14 bits per heavy atom. The number of anilines is 1. The number of hydrogen-bond acceptors (Lipinski definition) is 8. The van der Waals surface area contributed by atoms with E-state index >= 15 is 0 Å². The molecule has 3 aromatic rings. The van der Waals surface area contributed by atoms with Crippen LogP contribution < -0.4 is 10.2 Å². The molecule has 8 nitrogen and oxygen atoms in total. The number of aromatic amines is 1. The average Bonchev–Trinajstić information content (AvgIpc) is 3.16. The number of aromatic nitrogens is 3. The van der Waals surface area contributed by atoms with Gasteiger partial charge in [-0.2, -0.15) is 10.1 Å². The topological polar surface area (TPSA) is 112 Å². The molecule has 1 heterocycles. The smallest absolute Gasteiger partial charge is 0.240 e. The SMILES string of the molecule is COc1ccc(O)c(/C=N/Nc2nc(SCC(=O)c3ccc(F)cc3)n[nH]2)c1. The van der Waals surface area contributed by atoms with E-state index in [9.17, 15) is 14.3 Å². The maximum Gasteiger partial charge on any atom is 0.240 e. The molecule has 10 heteroatoms. The molecule has 0 atom stereocenters. The van der Waals surface area contributed by atoms with E-state index in [1.54, 1.807) is 12.1 Å². The highest BCUT2D eigenvalue weighted by Gasteiger charge is 2.10. The van der Waals surface area contributed by atoms with Gasteiger partial charge in [0.05, 0.1) is 19.1 Å². The summed E-state index contributed by atoms with van der Waals surface area (Å²) in [4.78, 5) is 16.2.